The molecule has 1 fully saturated rings. The Morgan fingerprint density at radius 3 is 2.68 bits per heavy atom. The number of nitrogens with zero attached hydrogens (tertiary/aromatic N) is 1. The Balaban J connectivity index is 1.62. The number of hydrogen-bond donors (Lipinski definition) is 1. The lowest BCUT2D eigenvalue weighted by Gasteiger charge is -2.21. The van der Waals surface area contributed by atoms with Crippen molar-refractivity contribution in [2.24, 2.45) is 10.9 Å². The highest BCUT2D eigenvalue weighted by Gasteiger charge is 2.23. The maximum absolute atomic E-state index is 5.78. The monoisotopic (exact) mass is 258 g/mol. The first-order valence-electron chi connectivity index (χ1n) is 7.28. The molecule has 2 aliphatic rings. The van der Waals surface area contributed by atoms with Gasteiger partial charge in [-0.25, -0.2) is 4.99 Å². The van der Waals surface area contributed by atoms with Crippen molar-refractivity contribution in [2.75, 3.05) is 19.7 Å². The molecule has 0 radical (unpaired) electrons. The molecule has 3 nitrogen and oxygen atoms in total. The minimum atomic E-state index is 0.206. The van der Waals surface area contributed by atoms with Gasteiger partial charge in [-0.05, 0) is 44.3 Å². The second kappa shape index (κ2) is 5.74. The molecular formula is C16H22N2O. The lowest BCUT2D eigenvalue weighted by Crippen LogP contribution is -2.28. The lowest BCUT2D eigenvalue weighted by molar-refractivity contribution is 0.294. The van der Waals surface area contributed by atoms with E-state index >= 15 is 0 Å². The van der Waals surface area contributed by atoms with Gasteiger partial charge in [0.1, 0.15) is 12.6 Å². The standard InChI is InChI=1S/C16H22N2O/c1-12-2-4-14(5-3-12)15-11-19-16(18-15)10-13-6-8-17-9-7-13/h2-5,13,15,17H,6-11H2,1H3. The fourth-order valence-electron chi connectivity index (χ4n) is 2.83. The lowest BCUT2D eigenvalue weighted by atomic mass is 9.95. The zero-order valence-electron chi connectivity index (χ0n) is 11.6. The highest BCUT2D eigenvalue weighted by atomic mass is 16.5. The largest absolute Gasteiger partial charge is 0.478 e. The molecule has 0 amide bonds. The minimum absolute atomic E-state index is 0.206. The number of benzene rings is 1. The number of piperidine rings is 1. The number of aliphatic imine (C=N–C) groups is 1. The molecule has 1 aromatic rings. The van der Waals surface area contributed by atoms with E-state index in [0.717, 1.165) is 31.3 Å². The van der Waals surface area contributed by atoms with Crippen molar-refractivity contribution in [3.63, 3.8) is 0 Å². The molecule has 1 unspecified atom stereocenters. The summed E-state index contributed by atoms with van der Waals surface area (Å²) in [6.45, 7) is 5.10. The zero-order chi connectivity index (χ0) is 13.1. The third-order valence-corrected chi connectivity index (χ3v) is 4.09. The van der Waals surface area contributed by atoms with Gasteiger partial charge in [-0.1, -0.05) is 29.8 Å². The van der Waals surface area contributed by atoms with E-state index in [1.54, 1.807) is 0 Å². The maximum atomic E-state index is 5.78. The first kappa shape index (κ1) is 12.7. The van der Waals surface area contributed by atoms with Gasteiger partial charge in [0, 0.05) is 6.42 Å². The second-order valence-electron chi connectivity index (χ2n) is 5.66. The van der Waals surface area contributed by atoms with Crippen molar-refractivity contribution in [3.8, 4) is 0 Å². The summed E-state index contributed by atoms with van der Waals surface area (Å²) in [5.74, 6) is 1.72. The molecule has 102 valence electrons. The molecule has 1 atom stereocenters. The predicted octanol–water partition coefficient (Wildman–Crippen LogP) is 2.85. The van der Waals surface area contributed by atoms with E-state index in [-0.39, 0.29) is 6.04 Å². The summed E-state index contributed by atoms with van der Waals surface area (Å²) in [7, 11) is 0. The Bertz CT molecular complexity index is 446. The number of rotatable bonds is 3. The van der Waals surface area contributed by atoms with Crippen LogP contribution in [-0.4, -0.2) is 25.6 Å². The van der Waals surface area contributed by atoms with Gasteiger partial charge in [0.15, 0.2) is 5.90 Å². The summed E-state index contributed by atoms with van der Waals surface area (Å²) < 4.78 is 5.78. The van der Waals surface area contributed by atoms with E-state index in [0.29, 0.717) is 6.61 Å². The normalized spacial score (nSPS) is 24.1. The summed E-state index contributed by atoms with van der Waals surface area (Å²) in [6.07, 6.45) is 3.51. The van der Waals surface area contributed by atoms with Gasteiger partial charge in [0.05, 0.1) is 0 Å². The molecule has 2 heterocycles. The Morgan fingerprint density at radius 2 is 1.95 bits per heavy atom. The predicted molar refractivity (Wildman–Crippen MR) is 77.5 cm³/mol. The van der Waals surface area contributed by atoms with Crippen LogP contribution in [0.25, 0.3) is 0 Å². The first-order valence-corrected chi connectivity index (χ1v) is 7.28. The van der Waals surface area contributed by atoms with Gasteiger partial charge in [-0.2, -0.15) is 0 Å². The van der Waals surface area contributed by atoms with Crippen LogP contribution in [0.5, 0.6) is 0 Å². The van der Waals surface area contributed by atoms with Gasteiger partial charge >= 0.3 is 0 Å². The number of hydrogen-bond acceptors (Lipinski definition) is 3. The Labute approximate surface area is 115 Å². The average Bonchev–Trinajstić information content (AvgIpc) is 2.89. The maximum Gasteiger partial charge on any atom is 0.184 e. The van der Waals surface area contributed by atoms with E-state index in [4.69, 9.17) is 9.73 Å². The topological polar surface area (TPSA) is 33.6 Å². The van der Waals surface area contributed by atoms with Gasteiger partial charge < -0.3 is 10.1 Å². The third kappa shape index (κ3) is 3.16. The van der Waals surface area contributed by atoms with Gasteiger partial charge in [-0.3, -0.25) is 0 Å². The van der Waals surface area contributed by atoms with Crippen molar-refractivity contribution in [3.05, 3.63) is 35.4 Å². The average molecular weight is 258 g/mol. The SMILES string of the molecule is Cc1ccc(C2COC(CC3CCNCC3)=N2)cc1. The Hall–Kier alpha value is -1.35. The fourth-order valence-corrected chi connectivity index (χ4v) is 2.83. The van der Waals surface area contributed by atoms with E-state index in [1.165, 1.54) is 24.0 Å². The van der Waals surface area contributed by atoms with E-state index in [9.17, 15) is 0 Å². The van der Waals surface area contributed by atoms with Crippen LogP contribution in [0.1, 0.15) is 36.4 Å². The van der Waals surface area contributed by atoms with Crippen molar-refractivity contribution in [1.82, 2.24) is 5.32 Å². The Kier molecular flexibility index (Phi) is 3.83. The van der Waals surface area contributed by atoms with Gasteiger partial charge in [-0.15, -0.1) is 0 Å². The molecule has 19 heavy (non-hydrogen) atoms. The van der Waals surface area contributed by atoms with Crippen LogP contribution >= 0.6 is 0 Å². The summed E-state index contributed by atoms with van der Waals surface area (Å²) in [4.78, 5) is 4.76. The molecule has 0 saturated carbocycles. The summed E-state index contributed by atoms with van der Waals surface area (Å²) in [6, 6.07) is 8.84. The van der Waals surface area contributed by atoms with Crippen LogP contribution in [0, 0.1) is 12.8 Å². The van der Waals surface area contributed by atoms with Crippen LogP contribution < -0.4 is 5.32 Å². The molecule has 0 bridgehead atoms. The van der Waals surface area contributed by atoms with Gasteiger partial charge in [0.2, 0.25) is 0 Å². The van der Waals surface area contributed by atoms with Crippen molar-refractivity contribution in [2.45, 2.75) is 32.2 Å². The van der Waals surface area contributed by atoms with Crippen molar-refractivity contribution in [1.29, 1.82) is 0 Å². The second-order valence-corrected chi connectivity index (χ2v) is 5.66. The smallest absolute Gasteiger partial charge is 0.184 e. The summed E-state index contributed by atoms with van der Waals surface area (Å²) >= 11 is 0. The fraction of sp³-hybridized carbons (Fsp3) is 0.562. The Morgan fingerprint density at radius 1 is 1.21 bits per heavy atom. The number of nitrogens with one attached hydrogen (secondary N) is 1. The zero-order valence-corrected chi connectivity index (χ0v) is 11.6. The molecular weight excluding hydrogens is 236 g/mol. The molecule has 1 N–H and O–H groups in total. The van der Waals surface area contributed by atoms with Crippen LogP contribution in [0.15, 0.2) is 29.3 Å². The highest BCUT2D eigenvalue weighted by Crippen LogP contribution is 2.26. The van der Waals surface area contributed by atoms with Gasteiger partial charge in [0.25, 0.3) is 0 Å². The van der Waals surface area contributed by atoms with Crippen molar-refractivity contribution < 1.29 is 4.74 Å². The van der Waals surface area contributed by atoms with Crippen LogP contribution in [0.2, 0.25) is 0 Å². The van der Waals surface area contributed by atoms with Crippen molar-refractivity contribution >= 4 is 5.90 Å². The highest BCUT2D eigenvalue weighted by molar-refractivity contribution is 5.78. The van der Waals surface area contributed by atoms with Crippen LogP contribution in [-0.2, 0) is 4.74 Å². The number of ether oxygens (including phenoxy) is 1. The molecule has 0 spiro atoms. The first-order chi connectivity index (χ1) is 9.31. The number of aryl methyl sites for hydroxylation is 1. The molecule has 3 rings (SSSR count). The van der Waals surface area contributed by atoms with Crippen LogP contribution in [0.3, 0.4) is 0 Å². The third-order valence-electron chi connectivity index (χ3n) is 4.09. The molecule has 3 heteroatoms. The van der Waals surface area contributed by atoms with E-state index < -0.39 is 0 Å². The minimum Gasteiger partial charge on any atom is -0.478 e. The molecule has 1 saturated heterocycles. The van der Waals surface area contributed by atoms with Crippen LogP contribution in [0.4, 0.5) is 0 Å². The summed E-state index contributed by atoms with van der Waals surface area (Å²) in [5.41, 5.74) is 2.56. The summed E-state index contributed by atoms with van der Waals surface area (Å²) in [5, 5.41) is 3.40. The quantitative estimate of drug-likeness (QED) is 0.904. The molecule has 1 aromatic carbocycles. The van der Waals surface area contributed by atoms with E-state index in [2.05, 4.69) is 36.5 Å². The molecule has 0 aromatic heterocycles. The molecule has 2 aliphatic heterocycles. The van der Waals surface area contributed by atoms with E-state index in [1.807, 2.05) is 0 Å². The molecule has 0 aliphatic carbocycles.